The van der Waals surface area contributed by atoms with Crippen LogP contribution in [-0.2, 0) is 28.3 Å². The van der Waals surface area contributed by atoms with Crippen LogP contribution in [0, 0.1) is 6.92 Å². The number of benzene rings is 2. The third-order valence-corrected chi connectivity index (χ3v) is 5.89. The molecule has 1 fully saturated rings. The van der Waals surface area contributed by atoms with Crippen LogP contribution in [-0.4, -0.2) is 34.4 Å². The Morgan fingerprint density at radius 1 is 1.27 bits per heavy atom. The first kappa shape index (κ1) is 22.3. The summed E-state index contributed by atoms with van der Waals surface area (Å²) in [6.45, 7) is 4.44. The van der Waals surface area contributed by atoms with Gasteiger partial charge in [-0.3, -0.25) is 9.59 Å². The quantitative estimate of drug-likeness (QED) is 0.657. The van der Waals surface area contributed by atoms with E-state index in [1.807, 2.05) is 19.1 Å². The summed E-state index contributed by atoms with van der Waals surface area (Å²) in [7, 11) is 0. The van der Waals surface area contributed by atoms with Crippen molar-refractivity contribution in [2.45, 2.75) is 51.4 Å². The third kappa shape index (κ3) is 4.67. The lowest BCUT2D eigenvalue weighted by Crippen LogP contribution is -2.52. The number of carbonyl (C=O) groups excluding carboxylic acids is 2. The number of nitrogens with two attached hydrogens (primary N) is 1. The molecule has 0 aromatic heterocycles. The Kier molecular flexibility index (Phi) is 6.81. The number of rotatable bonds is 6. The van der Waals surface area contributed by atoms with E-state index in [0.717, 1.165) is 16.7 Å². The standard InChI is InChI=1S/C23H28ClN3O3/c1-15-5-3-6-18(11-15)23(2,30)22(29)27-10-4-7-20(27)21(28)26-14-17-12-19(24)9-8-16(17)13-25/h3,5-6,8-9,11-12,20,30H,4,7,10,13-14,25H2,1-2H3,(H,26,28). The molecule has 1 aliphatic rings. The first-order chi connectivity index (χ1) is 14.2. The third-order valence-electron chi connectivity index (χ3n) is 5.65. The lowest BCUT2D eigenvalue weighted by Gasteiger charge is -2.32. The van der Waals surface area contributed by atoms with Crippen LogP contribution in [0.1, 0.15) is 42.0 Å². The molecule has 2 aromatic rings. The average molecular weight is 430 g/mol. The number of likely N-dealkylation sites (tertiary alicyclic amines) is 1. The van der Waals surface area contributed by atoms with Gasteiger partial charge in [0.25, 0.3) is 5.91 Å². The van der Waals surface area contributed by atoms with Crippen LogP contribution in [0.4, 0.5) is 0 Å². The lowest BCUT2D eigenvalue weighted by molar-refractivity contribution is -0.154. The molecule has 0 radical (unpaired) electrons. The molecule has 0 aliphatic carbocycles. The predicted molar refractivity (Wildman–Crippen MR) is 117 cm³/mol. The second kappa shape index (κ2) is 9.16. The molecule has 0 saturated carbocycles. The molecule has 6 nitrogen and oxygen atoms in total. The van der Waals surface area contributed by atoms with Crippen LogP contribution in [0.2, 0.25) is 5.02 Å². The van der Waals surface area contributed by atoms with Gasteiger partial charge >= 0.3 is 0 Å². The molecule has 0 bridgehead atoms. The predicted octanol–water partition coefficient (Wildman–Crippen LogP) is 2.62. The van der Waals surface area contributed by atoms with Gasteiger partial charge in [-0.15, -0.1) is 0 Å². The first-order valence-electron chi connectivity index (χ1n) is 10.1. The van der Waals surface area contributed by atoms with Gasteiger partial charge in [0.15, 0.2) is 5.60 Å². The molecular formula is C23H28ClN3O3. The zero-order valence-corrected chi connectivity index (χ0v) is 18.1. The molecule has 2 amide bonds. The molecule has 4 N–H and O–H groups in total. The Morgan fingerprint density at radius 2 is 2.03 bits per heavy atom. The van der Waals surface area contributed by atoms with Crippen molar-refractivity contribution in [1.82, 2.24) is 10.2 Å². The van der Waals surface area contributed by atoms with Gasteiger partial charge in [0.1, 0.15) is 6.04 Å². The molecule has 7 heteroatoms. The van der Waals surface area contributed by atoms with Crippen molar-refractivity contribution in [1.29, 1.82) is 0 Å². The van der Waals surface area contributed by atoms with Gasteiger partial charge in [-0.25, -0.2) is 0 Å². The van der Waals surface area contributed by atoms with E-state index < -0.39 is 17.6 Å². The summed E-state index contributed by atoms with van der Waals surface area (Å²) in [5.41, 5.74) is 7.29. The van der Waals surface area contributed by atoms with Crippen molar-refractivity contribution in [2.75, 3.05) is 6.54 Å². The van der Waals surface area contributed by atoms with E-state index in [4.69, 9.17) is 17.3 Å². The summed E-state index contributed by atoms with van der Waals surface area (Å²) in [6.07, 6.45) is 1.26. The Labute approximate surface area is 182 Å². The van der Waals surface area contributed by atoms with Gasteiger partial charge in [-0.2, -0.15) is 0 Å². The zero-order valence-electron chi connectivity index (χ0n) is 17.3. The first-order valence-corrected chi connectivity index (χ1v) is 10.5. The van der Waals surface area contributed by atoms with Crippen LogP contribution >= 0.6 is 11.6 Å². The normalized spacial score (nSPS) is 18.2. The molecule has 1 saturated heterocycles. The van der Waals surface area contributed by atoms with Crippen LogP contribution in [0.25, 0.3) is 0 Å². The van der Waals surface area contributed by atoms with E-state index in [1.165, 1.54) is 11.8 Å². The number of hydrogen-bond acceptors (Lipinski definition) is 4. The summed E-state index contributed by atoms with van der Waals surface area (Å²) in [5.74, 6) is -0.708. The topological polar surface area (TPSA) is 95.7 Å². The van der Waals surface area contributed by atoms with Crippen molar-refractivity contribution in [3.05, 3.63) is 69.7 Å². The van der Waals surface area contributed by atoms with E-state index in [1.54, 1.807) is 30.3 Å². The molecule has 2 atom stereocenters. The van der Waals surface area contributed by atoms with Gasteiger partial charge < -0.3 is 21.1 Å². The second-order valence-electron chi connectivity index (χ2n) is 7.93. The minimum Gasteiger partial charge on any atom is -0.376 e. The molecule has 2 unspecified atom stereocenters. The van der Waals surface area contributed by atoms with Crippen molar-refractivity contribution >= 4 is 23.4 Å². The summed E-state index contributed by atoms with van der Waals surface area (Å²) in [6, 6.07) is 12.0. The molecule has 3 rings (SSSR count). The molecule has 160 valence electrons. The zero-order chi connectivity index (χ0) is 21.9. The van der Waals surface area contributed by atoms with Gasteiger partial charge in [-0.1, -0.05) is 47.5 Å². The van der Waals surface area contributed by atoms with Crippen molar-refractivity contribution in [2.24, 2.45) is 5.73 Å². The number of nitrogens with zero attached hydrogens (tertiary/aromatic N) is 1. The second-order valence-corrected chi connectivity index (χ2v) is 8.37. The molecule has 0 spiro atoms. The Balaban J connectivity index is 1.72. The molecule has 1 heterocycles. The maximum atomic E-state index is 13.2. The van der Waals surface area contributed by atoms with Crippen LogP contribution in [0.15, 0.2) is 42.5 Å². The van der Waals surface area contributed by atoms with Crippen molar-refractivity contribution in [3.8, 4) is 0 Å². The summed E-state index contributed by atoms with van der Waals surface area (Å²) in [5, 5.41) is 14.5. The van der Waals surface area contributed by atoms with Gasteiger partial charge in [0.2, 0.25) is 5.91 Å². The number of aliphatic hydroxyl groups is 1. The monoisotopic (exact) mass is 429 g/mol. The summed E-state index contributed by atoms with van der Waals surface area (Å²) < 4.78 is 0. The Bertz CT molecular complexity index is 945. The minimum atomic E-state index is -1.70. The summed E-state index contributed by atoms with van der Waals surface area (Å²) >= 11 is 6.07. The smallest absolute Gasteiger partial charge is 0.259 e. The fourth-order valence-electron chi connectivity index (χ4n) is 3.89. The van der Waals surface area contributed by atoms with Crippen molar-refractivity contribution < 1.29 is 14.7 Å². The summed E-state index contributed by atoms with van der Waals surface area (Å²) in [4.78, 5) is 27.5. The lowest BCUT2D eigenvalue weighted by atomic mass is 9.93. The highest BCUT2D eigenvalue weighted by molar-refractivity contribution is 6.30. The van der Waals surface area contributed by atoms with E-state index >= 15 is 0 Å². The average Bonchev–Trinajstić information content (AvgIpc) is 3.21. The number of aryl methyl sites for hydroxylation is 1. The van der Waals surface area contributed by atoms with Crippen molar-refractivity contribution in [3.63, 3.8) is 0 Å². The largest absolute Gasteiger partial charge is 0.376 e. The number of hydrogen-bond donors (Lipinski definition) is 3. The molecular weight excluding hydrogens is 402 g/mol. The van der Waals surface area contributed by atoms with E-state index in [-0.39, 0.29) is 12.5 Å². The Morgan fingerprint density at radius 3 is 2.73 bits per heavy atom. The fourth-order valence-corrected chi connectivity index (χ4v) is 4.09. The SMILES string of the molecule is Cc1cccc(C(C)(O)C(=O)N2CCCC2C(=O)NCc2cc(Cl)ccc2CN)c1. The molecule has 1 aliphatic heterocycles. The van der Waals surface area contributed by atoms with Crippen LogP contribution < -0.4 is 11.1 Å². The van der Waals surface area contributed by atoms with E-state index in [0.29, 0.717) is 36.5 Å². The fraction of sp³-hybridized carbons (Fsp3) is 0.391. The number of amides is 2. The highest BCUT2D eigenvalue weighted by atomic mass is 35.5. The van der Waals surface area contributed by atoms with Gasteiger partial charge in [0, 0.05) is 24.7 Å². The molecule has 2 aromatic carbocycles. The highest BCUT2D eigenvalue weighted by Gasteiger charge is 2.43. The minimum absolute atomic E-state index is 0.246. The Hall–Kier alpha value is -2.41. The van der Waals surface area contributed by atoms with E-state index in [9.17, 15) is 14.7 Å². The maximum Gasteiger partial charge on any atom is 0.259 e. The number of carbonyl (C=O) groups is 2. The van der Waals surface area contributed by atoms with Crippen LogP contribution in [0.5, 0.6) is 0 Å². The number of halogens is 1. The van der Waals surface area contributed by atoms with E-state index in [2.05, 4.69) is 5.32 Å². The molecule has 30 heavy (non-hydrogen) atoms. The van der Waals surface area contributed by atoms with Gasteiger partial charge in [0.05, 0.1) is 0 Å². The van der Waals surface area contributed by atoms with Crippen LogP contribution in [0.3, 0.4) is 0 Å². The highest BCUT2D eigenvalue weighted by Crippen LogP contribution is 2.28. The van der Waals surface area contributed by atoms with Gasteiger partial charge in [-0.05, 0) is 55.5 Å². The number of nitrogens with one attached hydrogen (secondary N) is 1. The maximum absolute atomic E-state index is 13.2.